The lowest BCUT2D eigenvalue weighted by Gasteiger charge is -2.08. The number of amides is 2. The average molecular weight is 415 g/mol. The molecule has 0 aliphatic heterocycles. The van der Waals surface area contributed by atoms with Crippen LogP contribution in [-0.4, -0.2) is 40.4 Å². The number of anilines is 2. The molecule has 0 heterocycles. The van der Waals surface area contributed by atoms with Gasteiger partial charge >= 0.3 is 11.9 Å². The Kier molecular flexibility index (Phi) is 7.57. The van der Waals surface area contributed by atoms with Crippen molar-refractivity contribution in [3.05, 3.63) is 64.2 Å². The molecule has 0 aliphatic carbocycles. The minimum Gasteiger partial charge on any atom is -0.481 e. The van der Waals surface area contributed by atoms with Gasteiger partial charge in [-0.15, -0.1) is 0 Å². The second kappa shape index (κ2) is 10.3. The molecule has 11 nitrogen and oxygen atoms in total. The van der Waals surface area contributed by atoms with Crippen molar-refractivity contribution in [2.75, 3.05) is 17.2 Å². The van der Waals surface area contributed by atoms with Gasteiger partial charge in [0.15, 0.2) is 6.61 Å². The van der Waals surface area contributed by atoms with Crippen molar-refractivity contribution < 1.29 is 33.9 Å². The minimum atomic E-state index is -1.09. The number of benzene rings is 2. The Labute approximate surface area is 169 Å². The van der Waals surface area contributed by atoms with Crippen LogP contribution in [0.15, 0.2) is 48.5 Å². The molecule has 30 heavy (non-hydrogen) atoms. The van der Waals surface area contributed by atoms with E-state index in [0.29, 0.717) is 5.69 Å². The fraction of sp³-hybridized carbons (Fsp3) is 0.158. The number of nitro benzene ring substituents is 1. The highest BCUT2D eigenvalue weighted by Gasteiger charge is 2.13. The maximum atomic E-state index is 12.0. The summed E-state index contributed by atoms with van der Waals surface area (Å²) in [5.41, 5.74) is 0.486. The molecule has 2 aromatic carbocycles. The molecule has 156 valence electrons. The van der Waals surface area contributed by atoms with Crippen molar-refractivity contribution in [2.45, 2.75) is 12.8 Å². The van der Waals surface area contributed by atoms with Crippen molar-refractivity contribution >= 4 is 40.8 Å². The summed E-state index contributed by atoms with van der Waals surface area (Å²) in [5.74, 6) is -3.03. The summed E-state index contributed by atoms with van der Waals surface area (Å²) in [5, 5.41) is 24.1. The molecule has 3 N–H and O–H groups in total. The van der Waals surface area contributed by atoms with E-state index in [0.717, 1.165) is 0 Å². The predicted molar refractivity (Wildman–Crippen MR) is 104 cm³/mol. The molecule has 0 bridgehead atoms. The van der Waals surface area contributed by atoms with Gasteiger partial charge in [-0.3, -0.25) is 24.5 Å². The van der Waals surface area contributed by atoms with E-state index in [-0.39, 0.29) is 29.8 Å². The minimum absolute atomic E-state index is 0.127. The third-order valence-electron chi connectivity index (χ3n) is 3.65. The van der Waals surface area contributed by atoms with E-state index in [2.05, 4.69) is 10.6 Å². The van der Waals surface area contributed by atoms with E-state index in [1.807, 2.05) is 0 Å². The number of ether oxygens (including phenoxy) is 1. The van der Waals surface area contributed by atoms with Crippen LogP contribution in [0.3, 0.4) is 0 Å². The largest absolute Gasteiger partial charge is 0.481 e. The van der Waals surface area contributed by atoms with Crippen LogP contribution in [0.2, 0.25) is 0 Å². The molecular formula is C19H17N3O8. The first-order chi connectivity index (χ1) is 14.2. The van der Waals surface area contributed by atoms with Gasteiger partial charge in [0.05, 0.1) is 16.9 Å². The Hall–Kier alpha value is -4.28. The number of non-ortho nitro benzene ring substituents is 1. The summed E-state index contributed by atoms with van der Waals surface area (Å²) < 4.78 is 4.89. The highest BCUT2D eigenvalue weighted by molar-refractivity contribution is 5.96. The van der Waals surface area contributed by atoms with Crippen molar-refractivity contribution in [2.24, 2.45) is 0 Å². The average Bonchev–Trinajstić information content (AvgIpc) is 2.71. The highest BCUT2D eigenvalue weighted by Crippen LogP contribution is 2.17. The molecule has 0 radical (unpaired) electrons. The van der Waals surface area contributed by atoms with Crippen LogP contribution in [0, 0.1) is 10.1 Å². The van der Waals surface area contributed by atoms with Gasteiger partial charge in [0.2, 0.25) is 5.91 Å². The zero-order valence-corrected chi connectivity index (χ0v) is 15.5. The van der Waals surface area contributed by atoms with E-state index in [4.69, 9.17) is 9.84 Å². The van der Waals surface area contributed by atoms with Crippen molar-refractivity contribution in [3.8, 4) is 0 Å². The van der Waals surface area contributed by atoms with E-state index in [1.165, 1.54) is 48.5 Å². The Bertz CT molecular complexity index is 972. The number of carboxylic acids is 1. The topological polar surface area (TPSA) is 165 Å². The van der Waals surface area contributed by atoms with Gasteiger partial charge in [-0.25, -0.2) is 4.79 Å². The molecule has 0 aromatic heterocycles. The third kappa shape index (κ3) is 7.03. The monoisotopic (exact) mass is 415 g/mol. The number of nitrogens with zero attached hydrogens (tertiary/aromatic N) is 1. The Morgan fingerprint density at radius 1 is 0.933 bits per heavy atom. The number of hydrogen-bond donors (Lipinski definition) is 3. The van der Waals surface area contributed by atoms with Gasteiger partial charge < -0.3 is 20.5 Å². The fourth-order valence-electron chi connectivity index (χ4n) is 2.24. The number of hydrogen-bond acceptors (Lipinski definition) is 7. The van der Waals surface area contributed by atoms with Crippen LogP contribution in [-0.2, 0) is 19.1 Å². The smallest absolute Gasteiger partial charge is 0.338 e. The molecule has 0 atom stereocenters. The second-order valence-electron chi connectivity index (χ2n) is 5.95. The SMILES string of the molecule is O=C(O)CCC(=O)Nc1ccc(C(=O)OCC(=O)Nc2cccc([N+](=O)[O-])c2)cc1. The summed E-state index contributed by atoms with van der Waals surface area (Å²) in [6, 6.07) is 10.9. The van der Waals surface area contributed by atoms with Gasteiger partial charge in [0, 0.05) is 29.9 Å². The fourth-order valence-corrected chi connectivity index (χ4v) is 2.24. The van der Waals surface area contributed by atoms with Crippen LogP contribution in [0.4, 0.5) is 17.1 Å². The predicted octanol–water partition coefficient (Wildman–Crippen LogP) is 2.19. The lowest BCUT2D eigenvalue weighted by molar-refractivity contribution is -0.384. The third-order valence-corrected chi connectivity index (χ3v) is 3.65. The molecule has 2 rings (SSSR count). The summed E-state index contributed by atoms with van der Waals surface area (Å²) in [6.45, 7) is -0.602. The summed E-state index contributed by atoms with van der Waals surface area (Å²) >= 11 is 0. The molecule has 11 heteroatoms. The number of nitrogens with one attached hydrogen (secondary N) is 2. The van der Waals surface area contributed by atoms with Gasteiger partial charge in [0.1, 0.15) is 0 Å². The molecule has 2 amide bonds. The molecule has 0 aliphatic rings. The second-order valence-corrected chi connectivity index (χ2v) is 5.95. The maximum absolute atomic E-state index is 12.0. The number of carbonyl (C=O) groups excluding carboxylic acids is 3. The Balaban J connectivity index is 1.83. The van der Waals surface area contributed by atoms with Gasteiger partial charge in [-0.2, -0.15) is 0 Å². The van der Waals surface area contributed by atoms with Crippen molar-refractivity contribution in [1.29, 1.82) is 0 Å². The quantitative estimate of drug-likeness (QED) is 0.318. The van der Waals surface area contributed by atoms with E-state index in [9.17, 15) is 29.3 Å². The normalized spacial score (nSPS) is 10.0. The van der Waals surface area contributed by atoms with E-state index < -0.39 is 35.3 Å². The molecule has 0 saturated carbocycles. The van der Waals surface area contributed by atoms with Crippen LogP contribution in [0.5, 0.6) is 0 Å². The van der Waals surface area contributed by atoms with Gasteiger partial charge in [-0.05, 0) is 30.3 Å². The number of nitro groups is 1. The molecule has 0 fully saturated rings. The van der Waals surface area contributed by atoms with Crippen LogP contribution < -0.4 is 10.6 Å². The highest BCUT2D eigenvalue weighted by atomic mass is 16.6. The molecular weight excluding hydrogens is 398 g/mol. The molecule has 0 spiro atoms. The molecule has 0 unspecified atom stereocenters. The van der Waals surface area contributed by atoms with Gasteiger partial charge in [-0.1, -0.05) is 6.07 Å². The number of carbonyl (C=O) groups is 4. The van der Waals surface area contributed by atoms with Crippen molar-refractivity contribution in [3.63, 3.8) is 0 Å². The van der Waals surface area contributed by atoms with Crippen LogP contribution >= 0.6 is 0 Å². The standard InChI is InChI=1S/C19H17N3O8/c23-16(8-9-18(25)26)20-13-6-4-12(5-7-13)19(27)30-11-17(24)21-14-2-1-3-15(10-14)22(28)29/h1-7,10H,8-9,11H2,(H,20,23)(H,21,24)(H,25,26). The van der Waals surface area contributed by atoms with E-state index in [1.54, 1.807) is 0 Å². The lowest BCUT2D eigenvalue weighted by Crippen LogP contribution is -2.21. The summed E-state index contributed by atoms with van der Waals surface area (Å²) in [6.07, 6.45) is -0.479. The first-order valence-corrected chi connectivity index (χ1v) is 8.58. The van der Waals surface area contributed by atoms with Crippen molar-refractivity contribution in [1.82, 2.24) is 0 Å². The number of rotatable bonds is 9. The van der Waals surface area contributed by atoms with Crippen LogP contribution in [0.25, 0.3) is 0 Å². The van der Waals surface area contributed by atoms with Gasteiger partial charge in [0.25, 0.3) is 11.6 Å². The molecule has 0 saturated heterocycles. The summed E-state index contributed by atoms with van der Waals surface area (Å²) in [4.78, 5) is 56.0. The molecule has 2 aromatic rings. The summed E-state index contributed by atoms with van der Waals surface area (Å²) in [7, 11) is 0. The first kappa shape index (κ1) is 22.0. The Morgan fingerprint density at radius 2 is 1.60 bits per heavy atom. The zero-order chi connectivity index (χ0) is 22.1. The van der Waals surface area contributed by atoms with E-state index >= 15 is 0 Å². The number of esters is 1. The Morgan fingerprint density at radius 3 is 2.23 bits per heavy atom. The number of aliphatic carboxylic acids is 1. The number of carboxylic acid groups (broad SMARTS) is 1. The maximum Gasteiger partial charge on any atom is 0.338 e. The first-order valence-electron chi connectivity index (χ1n) is 8.58. The zero-order valence-electron chi connectivity index (χ0n) is 15.5. The lowest BCUT2D eigenvalue weighted by atomic mass is 10.2. The van der Waals surface area contributed by atoms with Crippen LogP contribution in [0.1, 0.15) is 23.2 Å².